The molecule has 1 fully saturated rings. The van der Waals surface area contributed by atoms with Gasteiger partial charge in [0.1, 0.15) is 5.82 Å². The zero-order chi connectivity index (χ0) is 28.2. The highest BCUT2D eigenvalue weighted by Crippen LogP contribution is 2.24. The molecule has 0 atom stereocenters. The van der Waals surface area contributed by atoms with Crippen molar-refractivity contribution in [3.05, 3.63) is 76.6 Å². The molecule has 9 nitrogen and oxygen atoms in total. The number of alkyl halides is 3. The van der Waals surface area contributed by atoms with E-state index in [2.05, 4.69) is 44.2 Å². The SMILES string of the molecule is CC(C)c1nc2ccc(-c3cnn(-c4cccc(CN5CCOCC5)c4)c3)cc2c(=O)[nH]1.O=C(O)C(F)(F)F. The molecular formula is C27H28F3N5O4. The number of nitrogens with zero attached hydrogens (tertiary/aromatic N) is 4. The molecule has 5 rings (SSSR count). The van der Waals surface area contributed by atoms with Crippen LogP contribution in [-0.2, 0) is 16.1 Å². The van der Waals surface area contributed by atoms with Gasteiger partial charge < -0.3 is 14.8 Å². The summed E-state index contributed by atoms with van der Waals surface area (Å²) >= 11 is 0. The smallest absolute Gasteiger partial charge is 0.475 e. The number of halogens is 3. The number of benzene rings is 2. The monoisotopic (exact) mass is 543 g/mol. The topological polar surface area (TPSA) is 113 Å². The predicted molar refractivity (Wildman–Crippen MR) is 139 cm³/mol. The van der Waals surface area contributed by atoms with Gasteiger partial charge in [-0.1, -0.05) is 32.0 Å². The molecule has 206 valence electrons. The maximum atomic E-state index is 12.6. The van der Waals surface area contributed by atoms with Crippen molar-refractivity contribution >= 4 is 16.9 Å². The number of H-pyrrole nitrogens is 1. The minimum atomic E-state index is -5.08. The van der Waals surface area contributed by atoms with Gasteiger partial charge in [-0.25, -0.2) is 14.5 Å². The number of carboxylic acids is 1. The van der Waals surface area contributed by atoms with E-state index in [9.17, 15) is 18.0 Å². The van der Waals surface area contributed by atoms with E-state index in [-0.39, 0.29) is 11.5 Å². The van der Waals surface area contributed by atoms with Crippen molar-refractivity contribution in [1.29, 1.82) is 0 Å². The fraction of sp³-hybridized carbons (Fsp3) is 0.333. The quantitative estimate of drug-likeness (QED) is 0.385. The minimum absolute atomic E-state index is 0.108. The molecule has 0 spiro atoms. The summed E-state index contributed by atoms with van der Waals surface area (Å²) in [6, 6.07) is 14.2. The maximum Gasteiger partial charge on any atom is 0.490 e. The molecule has 2 aromatic heterocycles. The highest BCUT2D eigenvalue weighted by atomic mass is 19.4. The number of carbonyl (C=O) groups is 1. The van der Waals surface area contributed by atoms with E-state index in [1.165, 1.54) is 5.56 Å². The van der Waals surface area contributed by atoms with Gasteiger partial charge in [-0.05, 0) is 35.4 Å². The van der Waals surface area contributed by atoms with E-state index >= 15 is 0 Å². The van der Waals surface area contributed by atoms with Crippen molar-refractivity contribution in [1.82, 2.24) is 24.6 Å². The van der Waals surface area contributed by atoms with E-state index < -0.39 is 12.1 Å². The Morgan fingerprint density at radius 1 is 1.13 bits per heavy atom. The Balaban J connectivity index is 0.000000448. The van der Waals surface area contributed by atoms with E-state index in [0.717, 1.165) is 49.7 Å². The second kappa shape index (κ2) is 11.8. The van der Waals surface area contributed by atoms with E-state index in [4.69, 9.17) is 14.6 Å². The Kier molecular flexibility index (Phi) is 8.46. The fourth-order valence-electron chi connectivity index (χ4n) is 4.04. The van der Waals surface area contributed by atoms with Crippen molar-refractivity contribution in [2.24, 2.45) is 0 Å². The van der Waals surface area contributed by atoms with E-state index in [1.54, 1.807) is 0 Å². The summed E-state index contributed by atoms with van der Waals surface area (Å²) in [6.45, 7) is 8.46. The molecule has 1 saturated heterocycles. The molecule has 2 N–H and O–H groups in total. The molecule has 0 unspecified atom stereocenters. The summed E-state index contributed by atoms with van der Waals surface area (Å²) in [6.07, 6.45) is -1.25. The van der Waals surface area contributed by atoms with Crippen LogP contribution in [0.5, 0.6) is 0 Å². The highest BCUT2D eigenvalue weighted by molar-refractivity contribution is 5.83. The molecule has 0 radical (unpaired) electrons. The molecule has 1 aliphatic heterocycles. The number of hydrogen-bond acceptors (Lipinski definition) is 6. The summed E-state index contributed by atoms with van der Waals surface area (Å²) in [7, 11) is 0. The molecule has 39 heavy (non-hydrogen) atoms. The predicted octanol–water partition coefficient (Wildman–Crippen LogP) is 4.36. The largest absolute Gasteiger partial charge is 0.490 e. The Bertz CT molecular complexity index is 1510. The van der Waals surface area contributed by atoms with Crippen LogP contribution in [0.4, 0.5) is 13.2 Å². The average molecular weight is 544 g/mol. The Hall–Kier alpha value is -4.03. The Labute approximate surface area is 221 Å². The lowest BCUT2D eigenvalue weighted by molar-refractivity contribution is -0.192. The van der Waals surface area contributed by atoms with Gasteiger partial charge in [0.25, 0.3) is 5.56 Å². The fourth-order valence-corrected chi connectivity index (χ4v) is 4.04. The number of ether oxygens (including phenoxy) is 1. The first kappa shape index (κ1) is 28.0. The van der Waals surface area contributed by atoms with Crippen LogP contribution in [0, 0.1) is 0 Å². The van der Waals surface area contributed by atoms with Crippen LogP contribution in [0.15, 0.2) is 59.7 Å². The van der Waals surface area contributed by atoms with Gasteiger partial charge in [0.2, 0.25) is 0 Å². The molecule has 0 bridgehead atoms. The van der Waals surface area contributed by atoms with Crippen LogP contribution in [0.3, 0.4) is 0 Å². The molecule has 0 aliphatic carbocycles. The van der Waals surface area contributed by atoms with Crippen molar-refractivity contribution < 1.29 is 27.8 Å². The summed E-state index contributed by atoms with van der Waals surface area (Å²) in [5.74, 6) is -1.88. The van der Waals surface area contributed by atoms with Crippen molar-refractivity contribution in [3.63, 3.8) is 0 Å². The summed E-state index contributed by atoms with van der Waals surface area (Å²) in [5.41, 5.74) is 4.78. The Morgan fingerprint density at radius 2 is 1.85 bits per heavy atom. The first-order chi connectivity index (χ1) is 18.5. The molecule has 12 heteroatoms. The molecule has 1 aliphatic rings. The van der Waals surface area contributed by atoms with Gasteiger partial charge in [-0.3, -0.25) is 9.69 Å². The van der Waals surface area contributed by atoms with Gasteiger partial charge in [0.15, 0.2) is 0 Å². The third-order valence-corrected chi connectivity index (χ3v) is 6.11. The molecule has 0 saturated carbocycles. The zero-order valence-electron chi connectivity index (χ0n) is 21.4. The molecule has 3 heterocycles. The van der Waals surface area contributed by atoms with Crippen molar-refractivity contribution in [2.45, 2.75) is 32.5 Å². The third-order valence-electron chi connectivity index (χ3n) is 6.11. The van der Waals surface area contributed by atoms with Crippen LogP contribution in [-0.4, -0.2) is 68.2 Å². The minimum Gasteiger partial charge on any atom is -0.475 e. The molecule has 0 amide bonds. The second-order valence-corrected chi connectivity index (χ2v) is 9.37. The summed E-state index contributed by atoms with van der Waals surface area (Å²) in [5, 5.41) is 12.3. The van der Waals surface area contributed by atoms with Crippen LogP contribution in [0.1, 0.15) is 31.2 Å². The van der Waals surface area contributed by atoms with Crippen molar-refractivity contribution in [2.75, 3.05) is 26.3 Å². The lowest BCUT2D eigenvalue weighted by Gasteiger charge is -2.26. The number of rotatable bonds is 5. The maximum absolute atomic E-state index is 12.6. The normalized spacial score (nSPS) is 14.3. The van der Waals surface area contributed by atoms with Gasteiger partial charge >= 0.3 is 12.1 Å². The highest BCUT2D eigenvalue weighted by Gasteiger charge is 2.38. The van der Waals surface area contributed by atoms with Crippen LogP contribution in [0.2, 0.25) is 0 Å². The van der Waals surface area contributed by atoms with Crippen molar-refractivity contribution in [3.8, 4) is 16.8 Å². The van der Waals surface area contributed by atoms with Crippen LogP contribution >= 0.6 is 0 Å². The number of hydrogen-bond donors (Lipinski definition) is 2. The number of carboxylic acid groups (broad SMARTS) is 1. The number of aromatic nitrogens is 4. The molecular weight excluding hydrogens is 515 g/mol. The standard InChI is InChI=1S/C25H27N5O2.C2HF3O2/c1-17(2)24-27-23-7-6-19(13-22(23)25(31)28-24)20-14-26-30(16-20)21-5-3-4-18(12-21)15-29-8-10-32-11-9-29;3-2(4,5)1(6)7/h3-7,12-14,16-17H,8-11,15H2,1-2H3,(H,27,28,31);(H,6,7). The number of morpholine rings is 1. The van der Waals surface area contributed by atoms with Crippen LogP contribution < -0.4 is 5.56 Å². The first-order valence-electron chi connectivity index (χ1n) is 12.3. The first-order valence-corrected chi connectivity index (χ1v) is 12.3. The number of aromatic amines is 1. The number of nitrogens with one attached hydrogen (secondary N) is 1. The van der Waals surface area contributed by atoms with Gasteiger partial charge in [0.05, 0.1) is 36.0 Å². The average Bonchev–Trinajstić information content (AvgIpc) is 3.39. The number of fused-ring (bicyclic) bond motifs is 1. The molecule has 4 aromatic rings. The van der Waals surface area contributed by atoms with Gasteiger partial charge in [0, 0.05) is 37.3 Å². The zero-order valence-corrected chi connectivity index (χ0v) is 21.4. The van der Waals surface area contributed by atoms with Crippen LogP contribution in [0.25, 0.3) is 27.7 Å². The van der Waals surface area contributed by atoms with E-state index in [0.29, 0.717) is 16.7 Å². The Morgan fingerprint density at radius 3 is 2.51 bits per heavy atom. The van der Waals surface area contributed by atoms with Gasteiger partial charge in [-0.15, -0.1) is 0 Å². The number of aliphatic carboxylic acids is 1. The lowest BCUT2D eigenvalue weighted by atomic mass is 10.1. The molecule has 2 aromatic carbocycles. The van der Waals surface area contributed by atoms with E-state index in [1.807, 2.05) is 49.1 Å². The lowest BCUT2D eigenvalue weighted by Crippen LogP contribution is -2.35. The second-order valence-electron chi connectivity index (χ2n) is 9.37. The third kappa shape index (κ3) is 7.09. The van der Waals surface area contributed by atoms with Gasteiger partial charge in [-0.2, -0.15) is 18.3 Å². The summed E-state index contributed by atoms with van der Waals surface area (Å²) < 4.78 is 39.1. The summed E-state index contributed by atoms with van der Waals surface area (Å²) in [4.78, 5) is 31.4.